The highest BCUT2D eigenvalue weighted by atomic mass is 15.2. The zero-order chi connectivity index (χ0) is 41.5. The summed E-state index contributed by atoms with van der Waals surface area (Å²) in [6.07, 6.45) is 0. The average molecular weight is 790 g/mol. The summed E-state index contributed by atoms with van der Waals surface area (Å²) in [7, 11) is 0. The van der Waals surface area contributed by atoms with E-state index in [2.05, 4.69) is 272 Å². The smallest absolute Gasteiger partial charge is 0.141 e. The molecule has 0 fully saturated rings. The van der Waals surface area contributed by atoms with E-state index in [0.29, 0.717) is 0 Å². The van der Waals surface area contributed by atoms with E-state index < -0.39 is 0 Å². The second-order valence-electron chi connectivity index (χ2n) is 15.5. The van der Waals surface area contributed by atoms with E-state index in [0.717, 1.165) is 73.1 Å². The van der Waals surface area contributed by atoms with Crippen LogP contribution in [0.3, 0.4) is 0 Å². The topological polar surface area (TPSA) is 14.2 Å². The van der Waals surface area contributed by atoms with Crippen molar-refractivity contribution in [3.05, 3.63) is 253 Å². The van der Waals surface area contributed by atoms with E-state index in [4.69, 9.17) is 0 Å². The third-order valence-corrected chi connectivity index (χ3v) is 11.1. The van der Waals surface area contributed by atoms with Gasteiger partial charge in [-0.2, -0.15) is 0 Å². The summed E-state index contributed by atoms with van der Waals surface area (Å²) in [6, 6.07) is 85.0. The third kappa shape index (κ3) is 8.58. The summed E-state index contributed by atoms with van der Waals surface area (Å²) in [4.78, 5) is 8.14. The Balaban J connectivity index is 1.14. The highest BCUT2D eigenvalue weighted by Crippen LogP contribution is 2.39. The Labute approximate surface area is 360 Å². The summed E-state index contributed by atoms with van der Waals surface area (Å²) in [6.45, 7) is 6.44. The normalized spacial score (nSPS) is 11.0. The van der Waals surface area contributed by atoms with Gasteiger partial charge in [0, 0.05) is 87.6 Å². The van der Waals surface area contributed by atoms with E-state index in [1.165, 1.54) is 16.7 Å². The van der Waals surface area contributed by atoms with E-state index in [1.807, 2.05) is 0 Å². The molecule has 0 amide bonds. The predicted octanol–water partition coefficient (Wildman–Crippen LogP) is 15.2. The monoisotopic (exact) mass is 789 g/mol. The Bertz CT molecular complexity index is 2510. The molecule has 9 aromatic rings. The molecule has 9 rings (SSSR count). The molecule has 4 nitrogen and oxygen atoms in total. The van der Waals surface area contributed by atoms with Gasteiger partial charge in [-0.15, -0.1) is 0 Å². The molecule has 0 saturated heterocycles. The van der Waals surface area contributed by atoms with Gasteiger partial charge >= 0.3 is 0 Å². The summed E-state index contributed by atoms with van der Waals surface area (Å²) in [5, 5.41) is 0. The van der Waals surface area contributed by atoms with Crippen LogP contribution in [0.25, 0.3) is 0 Å². The lowest BCUT2D eigenvalue weighted by Gasteiger charge is -2.28. The Morgan fingerprint density at radius 2 is 0.459 bits per heavy atom. The number of para-hydroxylation sites is 3. The van der Waals surface area contributed by atoms with Crippen molar-refractivity contribution < 1.29 is 4.90 Å². The molecule has 0 aliphatic carbocycles. The van der Waals surface area contributed by atoms with Gasteiger partial charge in [0.25, 0.3) is 0 Å². The van der Waals surface area contributed by atoms with Crippen molar-refractivity contribution >= 4 is 68.2 Å². The number of rotatable bonds is 12. The van der Waals surface area contributed by atoms with Crippen molar-refractivity contribution in [2.24, 2.45) is 0 Å². The van der Waals surface area contributed by atoms with Gasteiger partial charge in [0.15, 0.2) is 0 Å². The second-order valence-corrected chi connectivity index (χ2v) is 15.5. The second kappa shape index (κ2) is 17.7. The largest absolute Gasteiger partial charge is 0.310 e. The van der Waals surface area contributed by atoms with E-state index in [9.17, 15) is 0 Å². The molecule has 0 bridgehead atoms. The van der Waals surface area contributed by atoms with Crippen LogP contribution in [-0.2, 0) is 0 Å². The molecule has 296 valence electrons. The first kappa shape index (κ1) is 38.8. The fourth-order valence-corrected chi connectivity index (χ4v) is 8.21. The fourth-order valence-electron chi connectivity index (χ4n) is 8.21. The molecule has 0 unspecified atom stereocenters. The molecule has 0 aliphatic heterocycles. The molecule has 0 aliphatic rings. The zero-order valence-corrected chi connectivity index (χ0v) is 34.9. The van der Waals surface area contributed by atoms with Crippen LogP contribution in [0.2, 0.25) is 0 Å². The average Bonchev–Trinajstić information content (AvgIpc) is 3.30. The number of benzene rings is 9. The van der Waals surface area contributed by atoms with Crippen molar-refractivity contribution in [3.8, 4) is 0 Å². The lowest BCUT2D eigenvalue weighted by atomic mass is 10.1. The summed E-state index contributed by atoms with van der Waals surface area (Å²) in [5.41, 5.74) is 17.1. The van der Waals surface area contributed by atoms with Crippen molar-refractivity contribution in [3.63, 3.8) is 0 Å². The van der Waals surface area contributed by atoms with Gasteiger partial charge in [0.2, 0.25) is 0 Å². The standard InChI is InChI=1S/C57H48N4/c1-43-16-13-25-55(40-43)59(46-19-7-4-8-20-46)52-34-28-49(29-35-52)58(50-30-36-53(37-31-50)60(47-21-9-5-10-22-47)56-26-14-17-44(2)41-56)51-32-38-54(39-33-51)61(48-23-11-6-12-24-48)57-27-15-18-45(3)42-57/h4-42H,1-3H3/p+1. The molecule has 0 atom stereocenters. The third-order valence-electron chi connectivity index (χ3n) is 11.1. The molecule has 0 saturated carbocycles. The van der Waals surface area contributed by atoms with Gasteiger partial charge < -0.3 is 14.7 Å². The fraction of sp³-hybridized carbons (Fsp3) is 0.0526. The summed E-state index contributed by atoms with van der Waals surface area (Å²) >= 11 is 0. The number of quaternary nitrogens is 1. The minimum absolute atomic E-state index is 1.10. The first-order chi connectivity index (χ1) is 30.0. The van der Waals surface area contributed by atoms with Gasteiger partial charge in [-0.25, -0.2) is 4.90 Å². The lowest BCUT2D eigenvalue weighted by Crippen LogP contribution is -2.96. The molecule has 0 radical (unpaired) electrons. The molecular weight excluding hydrogens is 741 g/mol. The number of nitrogens with zero attached hydrogens (tertiary/aromatic N) is 3. The van der Waals surface area contributed by atoms with E-state index in [1.54, 1.807) is 0 Å². The minimum atomic E-state index is 1.10. The highest BCUT2D eigenvalue weighted by molar-refractivity contribution is 5.80. The molecule has 4 heteroatoms. The number of nitrogens with one attached hydrogen (secondary N) is 1. The quantitative estimate of drug-likeness (QED) is 0.133. The van der Waals surface area contributed by atoms with Crippen LogP contribution >= 0.6 is 0 Å². The van der Waals surface area contributed by atoms with Crippen molar-refractivity contribution in [2.45, 2.75) is 20.8 Å². The van der Waals surface area contributed by atoms with E-state index >= 15 is 0 Å². The Morgan fingerprint density at radius 1 is 0.230 bits per heavy atom. The molecule has 61 heavy (non-hydrogen) atoms. The van der Waals surface area contributed by atoms with Crippen LogP contribution in [0.4, 0.5) is 68.2 Å². The Hall–Kier alpha value is -7.66. The number of hydrogen-bond donors (Lipinski definition) is 1. The first-order valence-corrected chi connectivity index (χ1v) is 20.9. The van der Waals surface area contributed by atoms with Crippen molar-refractivity contribution in [1.82, 2.24) is 0 Å². The van der Waals surface area contributed by atoms with Crippen LogP contribution < -0.4 is 19.6 Å². The van der Waals surface area contributed by atoms with Gasteiger partial charge in [0.1, 0.15) is 17.1 Å². The highest BCUT2D eigenvalue weighted by Gasteiger charge is 2.23. The molecule has 9 aromatic carbocycles. The van der Waals surface area contributed by atoms with Gasteiger partial charge in [-0.05, 0) is 147 Å². The van der Waals surface area contributed by atoms with Crippen molar-refractivity contribution in [2.75, 3.05) is 14.7 Å². The summed E-state index contributed by atoms with van der Waals surface area (Å²) in [5.74, 6) is 0. The molecule has 1 N–H and O–H groups in total. The number of hydrogen-bond acceptors (Lipinski definition) is 3. The van der Waals surface area contributed by atoms with Gasteiger partial charge in [0.05, 0.1) is 0 Å². The van der Waals surface area contributed by atoms with E-state index in [-0.39, 0.29) is 0 Å². The maximum atomic E-state index is 2.33. The zero-order valence-electron chi connectivity index (χ0n) is 34.9. The van der Waals surface area contributed by atoms with Crippen LogP contribution in [0.15, 0.2) is 237 Å². The van der Waals surface area contributed by atoms with Crippen LogP contribution in [0, 0.1) is 20.8 Å². The van der Waals surface area contributed by atoms with Crippen LogP contribution in [-0.4, -0.2) is 0 Å². The van der Waals surface area contributed by atoms with Gasteiger partial charge in [-0.3, -0.25) is 0 Å². The predicted molar refractivity (Wildman–Crippen MR) is 258 cm³/mol. The Kier molecular flexibility index (Phi) is 11.3. The maximum absolute atomic E-state index is 2.33. The molecule has 0 aromatic heterocycles. The molecule has 0 heterocycles. The molecular formula is C57H49N4+. The van der Waals surface area contributed by atoms with Gasteiger partial charge in [-0.1, -0.05) is 91.0 Å². The number of aryl methyl sites for hydroxylation is 3. The van der Waals surface area contributed by atoms with Crippen LogP contribution in [0.1, 0.15) is 16.7 Å². The van der Waals surface area contributed by atoms with Crippen molar-refractivity contribution in [1.29, 1.82) is 0 Å². The number of anilines is 9. The Morgan fingerprint density at radius 3 is 0.705 bits per heavy atom. The van der Waals surface area contributed by atoms with Crippen LogP contribution in [0.5, 0.6) is 0 Å². The minimum Gasteiger partial charge on any atom is -0.310 e. The maximum Gasteiger partial charge on any atom is 0.141 e. The SMILES string of the molecule is Cc1cccc(N(c2ccccc2)c2ccc([NH+](c3ccc(N(c4ccccc4)c4cccc(C)c4)cc3)c3ccc(N(c4ccccc4)c4cccc(C)c4)cc3)cc2)c1. The molecule has 0 spiro atoms. The lowest BCUT2D eigenvalue weighted by molar-refractivity contribution is -0.681. The first-order valence-electron chi connectivity index (χ1n) is 20.9. The summed E-state index contributed by atoms with van der Waals surface area (Å²) < 4.78 is 0.